The summed E-state index contributed by atoms with van der Waals surface area (Å²) < 4.78 is 42.1. The van der Waals surface area contributed by atoms with Crippen LogP contribution in [-0.4, -0.2) is 69.6 Å². The van der Waals surface area contributed by atoms with Gasteiger partial charge in [-0.1, -0.05) is 0 Å². The predicted octanol–water partition coefficient (Wildman–Crippen LogP) is 3.53. The van der Waals surface area contributed by atoms with Crippen LogP contribution in [0.2, 0.25) is 0 Å². The molecule has 2 unspecified atom stereocenters. The summed E-state index contributed by atoms with van der Waals surface area (Å²) in [6.07, 6.45) is -0.748. The Bertz CT molecular complexity index is 1010. The number of hydrogen-bond acceptors (Lipinski definition) is 7. The Morgan fingerprint density at radius 2 is 1.91 bits per heavy atom. The molecule has 190 valence electrons. The lowest BCUT2D eigenvalue weighted by atomic mass is 10.1. The standard InChI is InChI=1S/C25H32F2N4O4/c1-4-28-23(32)18-5-7-19(8-6-18)31-11-9-30(10-12-31)15-17-13-20-22(21(14-17)35-25(26)27)34-16(2)24(29-20)33-3/h5-8,13-14,16,24-25,29H,4,9-12,15H2,1-3H3,(H,28,32). The second-order valence-corrected chi connectivity index (χ2v) is 8.64. The number of halogens is 2. The molecule has 0 aromatic heterocycles. The molecule has 35 heavy (non-hydrogen) atoms. The van der Waals surface area contributed by atoms with Crippen molar-refractivity contribution in [2.75, 3.05) is 50.1 Å². The number of piperazine rings is 1. The number of carbonyl (C=O) groups excluding carboxylic acids is 1. The van der Waals surface area contributed by atoms with E-state index in [9.17, 15) is 13.6 Å². The molecule has 8 nitrogen and oxygen atoms in total. The van der Waals surface area contributed by atoms with Gasteiger partial charge in [0.05, 0.1) is 5.69 Å². The van der Waals surface area contributed by atoms with Gasteiger partial charge in [0, 0.05) is 57.6 Å². The number of alkyl halides is 2. The molecule has 1 fully saturated rings. The van der Waals surface area contributed by atoms with E-state index in [1.807, 2.05) is 37.3 Å². The molecule has 10 heteroatoms. The first-order valence-electron chi connectivity index (χ1n) is 11.8. The summed E-state index contributed by atoms with van der Waals surface area (Å²) in [6.45, 7) is 5.18. The molecule has 2 atom stereocenters. The van der Waals surface area contributed by atoms with Crippen molar-refractivity contribution in [3.63, 3.8) is 0 Å². The van der Waals surface area contributed by atoms with E-state index in [2.05, 4.69) is 20.4 Å². The van der Waals surface area contributed by atoms with Crippen LogP contribution in [0.5, 0.6) is 11.5 Å². The van der Waals surface area contributed by atoms with Gasteiger partial charge >= 0.3 is 6.61 Å². The SMILES string of the molecule is CCNC(=O)c1ccc(N2CCN(Cc3cc4c(c(OC(F)F)c3)OC(C)C(OC)N4)CC2)cc1. The zero-order chi connectivity index (χ0) is 24.9. The normalized spacial score (nSPS) is 20.1. The fraction of sp³-hybridized carbons (Fsp3) is 0.480. The Morgan fingerprint density at radius 3 is 2.54 bits per heavy atom. The number of ether oxygens (including phenoxy) is 3. The van der Waals surface area contributed by atoms with Gasteiger partial charge in [0.2, 0.25) is 0 Å². The molecule has 2 aliphatic heterocycles. The zero-order valence-corrected chi connectivity index (χ0v) is 20.2. The molecule has 0 saturated carbocycles. The highest BCUT2D eigenvalue weighted by molar-refractivity contribution is 5.94. The van der Waals surface area contributed by atoms with Gasteiger partial charge in [-0.15, -0.1) is 0 Å². The van der Waals surface area contributed by atoms with Crippen molar-refractivity contribution in [3.8, 4) is 11.5 Å². The van der Waals surface area contributed by atoms with E-state index in [4.69, 9.17) is 14.2 Å². The smallest absolute Gasteiger partial charge is 0.387 e. The lowest BCUT2D eigenvalue weighted by Gasteiger charge is -2.37. The van der Waals surface area contributed by atoms with Crippen LogP contribution in [0.4, 0.5) is 20.2 Å². The molecule has 2 aliphatic rings. The van der Waals surface area contributed by atoms with Gasteiger partial charge in [-0.3, -0.25) is 9.69 Å². The summed E-state index contributed by atoms with van der Waals surface area (Å²) >= 11 is 0. The summed E-state index contributed by atoms with van der Waals surface area (Å²) in [7, 11) is 1.57. The minimum atomic E-state index is -2.95. The second-order valence-electron chi connectivity index (χ2n) is 8.64. The van der Waals surface area contributed by atoms with E-state index in [-0.39, 0.29) is 29.7 Å². The molecule has 4 rings (SSSR count). The van der Waals surface area contributed by atoms with Crippen LogP contribution in [-0.2, 0) is 11.3 Å². The summed E-state index contributed by atoms with van der Waals surface area (Å²) in [5.41, 5.74) is 3.14. The van der Waals surface area contributed by atoms with Crippen molar-refractivity contribution in [1.29, 1.82) is 0 Å². The number of benzene rings is 2. The average Bonchev–Trinajstić information content (AvgIpc) is 2.84. The number of rotatable bonds is 8. The van der Waals surface area contributed by atoms with Gasteiger partial charge in [0.1, 0.15) is 6.10 Å². The Labute approximate surface area is 204 Å². The molecule has 2 aromatic rings. The van der Waals surface area contributed by atoms with Crippen LogP contribution in [0.1, 0.15) is 29.8 Å². The van der Waals surface area contributed by atoms with Crippen molar-refractivity contribution >= 4 is 17.3 Å². The third-order valence-electron chi connectivity index (χ3n) is 6.22. The van der Waals surface area contributed by atoms with E-state index in [0.717, 1.165) is 37.4 Å². The number of nitrogens with zero attached hydrogens (tertiary/aromatic N) is 2. The van der Waals surface area contributed by atoms with Gasteiger partial charge in [0.25, 0.3) is 5.91 Å². The minimum absolute atomic E-state index is 0.0206. The highest BCUT2D eigenvalue weighted by Gasteiger charge is 2.30. The van der Waals surface area contributed by atoms with Gasteiger partial charge in [-0.2, -0.15) is 8.78 Å². The van der Waals surface area contributed by atoms with Crippen LogP contribution in [0, 0.1) is 0 Å². The molecular formula is C25H32F2N4O4. The first kappa shape index (κ1) is 25.0. The Kier molecular flexibility index (Phi) is 7.92. The first-order valence-corrected chi connectivity index (χ1v) is 11.8. The number of amides is 1. The van der Waals surface area contributed by atoms with E-state index in [1.54, 1.807) is 20.1 Å². The molecule has 2 aromatic carbocycles. The summed E-state index contributed by atoms with van der Waals surface area (Å²) in [4.78, 5) is 16.5. The molecular weight excluding hydrogens is 458 g/mol. The quantitative estimate of drug-likeness (QED) is 0.587. The molecule has 0 spiro atoms. The highest BCUT2D eigenvalue weighted by atomic mass is 19.3. The van der Waals surface area contributed by atoms with Gasteiger partial charge in [0.15, 0.2) is 17.7 Å². The van der Waals surface area contributed by atoms with Crippen LogP contribution < -0.4 is 25.0 Å². The Balaban J connectivity index is 1.41. The largest absolute Gasteiger partial charge is 0.480 e. The average molecular weight is 491 g/mol. The van der Waals surface area contributed by atoms with E-state index in [0.29, 0.717) is 24.3 Å². The van der Waals surface area contributed by atoms with E-state index < -0.39 is 6.61 Å². The monoisotopic (exact) mass is 490 g/mol. The van der Waals surface area contributed by atoms with Gasteiger partial charge in [-0.05, 0) is 55.8 Å². The third kappa shape index (κ3) is 5.94. The minimum Gasteiger partial charge on any atom is -0.480 e. The highest BCUT2D eigenvalue weighted by Crippen LogP contribution is 2.42. The van der Waals surface area contributed by atoms with Crippen LogP contribution in [0.15, 0.2) is 36.4 Å². The number of anilines is 2. The molecule has 1 saturated heterocycles. The Morgan fingerprint density at radius 1 is 1.20 bits per heavy atom. The molecule has 2 heterocycles. The van der Waals surface area contributed by atoms with Gasteiger partial charge in [-0.25, -0.2) is 0 Å². The van der Waals surface area contributed by atoms with Crippen LogP contribution in [0.3, 0.4) is 0 Å². The lowest BCUT2D eigenvalue weighted by Crippen LogP contribution is -2.46. The predicted molar refractivity (Wildman–Crippen MR) is 130 cm³/mol. The zero-order valence-electron chi connectivity index (χ0n) is 20.2. The van der Waals surface area contributed by atoms with Crippen molar-refractivity contribution in [2.45, 2.75) is 39.3 Å². The maximum absolute atomic E-state index is 13.1. The first-order chi connectivity index (χ1) is 16.9. The molecule has 1 amide bonds. The van der Waals surface area contributed by atoms with Crippen molar-refractivity contribution < 1.29 is 27.8 Å². The number of carbonyl (C=O) groups is 1. The van der Waals surface area contributed by atoms with E-state index in [1.165, 1.54) is 0 Å². The van der Waals surface area contributed by atoms with Crippen LogP contribution in [0.25, 0.3) is 0 Å². The number of methoxy groups -OCH3 is 1. The van der Waals surface area contributed by atoms with Crippen molar-refractivity contribution in [3.05, 3.63) is 47.5 Å². The number of fused-ring (bicyclic) bond motifs is 1. The Hall–Kier alpha value is -3.11. The van der Waals surface area contributed by atoms with Crippen molar-refractivity contribution in [1.82, 2.24) is 10.2 Å². The third-order valence-corrected chi connectivity index (χ3v) is 6.22. The van der Waals surface area contributed by atoms with E-state index >= 15 is 0 Å². The second kappa shape index (κ2) is 11.1. The topological polar surface area (TPSA) is 75.3 Å². The van der Waals surface area contributed by atoms with Crippen molar-refractivity contribution in [2.24, 2.45) is 0 Å². The maximum Gasteiger partial charge on any atom is 0.387 e. The number of hydrogen-bond donors (Lipinski definition) is 2. The molecule has 2 N–H and O–H groups in total. The van der Waals surface area contributed by atoms with Gasteiger partial charge < -0.3 is 29.7 Å². The number of nitrogens with one attached hydrogen (secondary N) is 2. The fourth-order valence-corrected chi connectivity index (χ4v) is 4.44. The summed E-state index contributed by atoms with van der Waals surface area (Å²) in [5.74, 6) is 0.221. The summed E-state index contributed by atoms with van der Waals surface area (Å²) in [6, 6.07) is 11.1. The maximum atomic E-state index is 13.1. The molecule has 0 aliphatic carbocycles. The summed E-state index contributed by atoms with van der Waals surface area (Å²) in [5, 5.41) is 6.01. The molecule has 0 bridgehead atoms. The molecule has 0 radical (unpaired) electrons. The van der Waals surface area contributed by atoms with Crippen LogP contribution >= 0.6 is 0 Å². The fourth-order valence-electron chi connectivity index (χ4n) is 4.44. The lowest BCUT2D eigenvalue weighted by molar-refractivity contribution is -0.0539.